The molecule has 4 heterocycles. The van der Waals surface area contributed by atoms with Gasteiger partial charge in [0, 0.05) is 18.3 Å². The molecule has 3 aromatic heterocycles. The molecule has 1 saturated heterocycles. The first kappa shape index (κ1) is 21.9. The van der Waals surface area contributed by atoms with Crippen LogP contribution in [0.1, 0.15) is 33.1 Å². The van der Waals surface area contributed by atoms with Gasteiger partial charge in [0.15, 0.2) is 10.7 Å². The lowest BCUT2D eigenvalue weighted by Gasteiger charge is -2.30. The van der Waals surface area contributed by atoms with Crippen molar-refractivity contribution in [2.45, 2.75) is 24.6 Å². The van der Waals surface area contributed by atoms with Crippen LogP contribution in [0.25, 0.3) is 5.65 Å². The highest BCUT2D eigenvalue weighted by Gasteiger charge is 2.64. The van der Waals surface area contributed by atoms with Crippen molar-refractivity contribution >= 4 is 34.4 Å². The van der Waals surface area contributed by atoms with Crippen molar-refractivity contribution in [1.29, 1.82) is 0 Å². The second-order valence-electron chi connectivity index (χ2n) is 8.48. The Labute approximate surface area is 198 Å². The van der Waals surface area contributed by atoms with Gasteiger partial charge in [-0.1, -0.05) is 0 Å². The number of hydrogen-bond acceptors (Lipinski definition) is 6. The molecule has 1 amide bonds. The van der Waals surface area contributed by atoms with Crippen LogP contribution in [0.2, 0.25) is 0 Å². The predicted molar refractivity (Wildman–Crippen MR) is 116 cm³/mol. The summed E-state index contributed by atoms with van der Waals surface area (Å²) in [5.74, 6) is -1.12. The maximum Gasteiger partial charge on any atom is 0.443 e. The summed E-state index contributed by atoms with van der Waals surface area (Å²) in [6, 6.07) is 5.12. The number of alkyl halides is 3. The lowest BCUT2D eigenvalue weighted by molar-refractivity contribution is -0.137. The van der Waals surface area contributed by atoms with E-state index in [9.17, 15) is 26.7 Å². The molecular formula is C22H15F5N6OS. The molecule has 0 radical (unpaired) electrons. The monoisotopic (exact) mass is 506 g/mol. The average molecular weight is 506 g/mol. The minimum Gasteiger partial charge on any atom is -0.346 e. The molecule has 1 saturated carbocycles. The van der Waals surface area contributed by atoms with E-state index in [1.165, 1.54) is 16.8 Å². The first-order valence-electron chi connectivity index (χ1n) is 10.6. The Hall–Kier alpha value is -3.61. The Bertz CT molecular complexity index is 1480. The Morgan fingerprint density at radius 2 is 2.03 bits per heavy atom. The number of piperidine rings is 1. The molecule has 13 heteroatoms. The number of hydrogen-bond donors (Lipinski definition) is 1. The van der Waals surface area contributed by atoms with Crippen molar-refractivity contribution in [3.05, 3.63) is 69.9 Å². The van der Waals surface area contributed by atoms with Gasteiger partial charge in [0.05, 0.1) is 17.9 Å². The van der Waals surface area contributed by atoms with Crippen LogP contribution >= 0.6 is 11.3 Å². The van der Waals surface area contributed by atoms with Crippen LogP contribution < -0.4 is 10.2 Å². The van der Waals surface area contributed by atoms with Gasteiger partial charge < -0.3 is 10.2 Å². The van der Waals surface area contributed by atoms with Gasteiger partial charge in [-0.2, -0.15) is 18.3 Å². The van der Waals surface area contributed by atoms with E-state index in [0.29, 0.717) is 18.8 Å². The topological polar surface area (TPSA) is 75.4 Å². The molecule has 7 nitrogen and oxygen atoms in total. The summed E-state index contributed by atoms with van der Waals surface area (Å²) in [6.45, 7) is 0.584. The molecule has 0 bridgehead atoms. The van der Waals surface area contributed by atoms with Gasteiger partial charge in [-0.3, -0.25) is 4.79 Å². The van der Waals surface area contributed by atoms with Gasteiger partial charge in [-0.25, -0.2) is 23.3 Å². The smallest absolute Gasteiger partial charge is 0.346 e. The minimum absolute atomic E-state index is 0.162. The van der Waals surface area contributed by atoms with Crippen molar-refractivity contribution in [3.8, 4) is 0 Å². The number of rotatable bonds is 4. The predicted octanol–water partition coefficient (Wildman–Crippen LogP) is 4.86. The number of carbonyl (C=O) groups is 1. The standard InChI is InChI=1S/C22H15F5N6OS/c23-12-1-2-14(24)13(7-12)21-8-11(21)3-5-32(21)17-4-6-33-18(31-17)15(9-29-33)30-19(34)16-10-28-20(35-16)22(25,26)27/h1-2,4,6-7,9-11H,3,5,8H2,(H,30,34)/t11-,21+/m0/s1. The van der Waals surface area contributed by atoms with Crippen LogP contribution in [0.3, 0.4) is 0 Å². The molecule has 2 fully saturated rings. The summed E-state index contributed by atoms with van der Waals surface area (Å²) >= 11 is 0.234. The highest BCUT2D eigenvalue weighted by atomic mass is 32.1. The zero-order valence-electron chi connectivity index (χ0n) is 17.7. The summed E-state index contributed by atoms with van der Waals surface area (Å²) in [6.07, 6.45) is 0.628. The van der Waals surface area contributed by atoms with Gasteiger partial charge in [-0.05, 0) is 43.0 Å². The Morgan fingerprint density at radius 1 is 1.20 bits per heavy atom. The van der Waals surface area contributed by atoms with E-state index in [1.807, 2.05) is 4.90 Å². The molecule has 35 heavy (non-hydrogen) atoms. The van der Waals surface area contributed by atoms with Gasteiger partial charge in [0.1, 0.15) is 28.0 Å². The molecule has 4 aromatic rings. The highest BCUT2D eigenvalue weighted by Crippen LogP contribution is 2.63. The number of anilines is 2. The van der Waals surface area contributed by atoms with E-state index in [-0.39, 0.29) is 39.0 Å². The van der Waals surface area contributed by atoms with Gasteiger partial charge in [0.2, 0.25) is 0 Å². The second kappa shape index (κ2) is 7.44. The molecule has 180 valence electrons. The molecule has 0 spiro atoms. The van der Waals surface area contributed by atoms with Crippen molar-refractivity contribution in [1.82, 2.24) is 19.6 Å². The number of amides is 1. The largest absolute Gasteiger partial charge is 0.443 e. The minimum atomic E-state index is -4.64. The summed E-state index contributed by atoms with van der Waals surface area (Å²) < 4.78 is 68.5. The van der Waals surface area contributed by atoms with Crippen LogP contribution in [0.15, 0.2) is 42.9 Å². The van der Waals surface area contributed by atoms with Gasteiger partial charge >= 0.3 is 6.18 Å². The van der Waals surface area contributed by atoms with E-state index in [1.54, 1.807) is 12.3 Å². The van der Waals surface area contributed by atoms with Crippen molar-refractivity contribution in [3.63, 3.8) is 0 Å². The molecular weight excluding hydrogens is 491 g/mol. The molecule has 1 N–H and O–H groups in total. The molecule has 6 rings (SSSR count). The molecule has 2 aliphatic rings. The first-order valence-corrected chi connectivity index (χ1v) is 11.4. The summed E-state index contributed by atoms with van der Waals surface area (Å²) in [4.78, 5) is 22.1. The fraction of sp³-hybridized carbons (Fsp3) is 0.273. The number of nitrogens with zero attached hydrogens (tertiary/aromatic N) is 5. The quantitative estimate of drug-likeness (QED) is 0.400. The number of fused-ring (bicyclic) bond motifs is 2. The third-order valence-electron chi connectivity index (χ3n) is 6.50. The average Bonchev–Trinajstić information content (AvgIpc) is 3.20. The first-order chi connectivity index (χ1) is 16.7. The van der Waals surface area contributed by atoms with E-state index in [2.05, 4.69) is 20.4 Å². The Kier molecular flexibility index (Phi) is 4.66. The number of nitrogens with one attached hydrogen (secondary N) is 1. The normalized spacial score (nSPS) is 21.4. The molecule has 0 unspecified atom stereocenters. The van der Waals surface area contributed by atoms with E-state index in [0.717, 1.165) is 24.8 Å². The van der Waals surface area contributed by atoms with Crippen molar-refractivity contribution < 1.29 is 26.7 Å². The zero-order valence-corrected chi connectivity index (χ0v) is 18.5. The van der Waals surface area contributed by atoms with E-state index in [4.69, 9.17) is 0 Å². The number of thiazole rings is 1. The van der Waals surface area contributed by atoms with Crippen molar-refractivity contribution in [2.75, 3.05) is 16.8 Å². The van der Waals surface area contributed by atoms with Crippen LogP contribution in [-0.2, 0) is 11.7 Å². The molecule has 1 aliphatic heterocycles. The third kappa shape index (κ3) is 3.44. The van der Waals surface area contributed by atoms with Crippen LogP contribution in [0, 0.1) is 17.6 Å². The number of halogens is 5. The number of carbonyl (C=O) groups excluding carboxylic acids is 1. The van der Waals surface area contributed by atoms with Gasteiger partial charge in [0.25, 0.3) is 5.91 Å². The maximum atomic E-state index is 14.7. The van der Waals surface area contributed by atoms with E-state index < -0.39 is 34.3 Å². The van der Waals surface area contributed by atoms with Crippen LogP contribution in [0.5, 0.6) is 0 Å². The number of aromatic nitrogens is 4. The Balaban J connectivity index is 1.32. The van der Waals surface area contributed by atoms with Crippen LogP contribution in [-0.4, -0.2) is 32.0 Å². The van der Waals surface area contributed by atoms with Crippen molar-refractivity contribution in [2.24, 2.45) is 5.92 Å². The Morgan fingerprint density at radius 3 is 2.77 bits per heavy atom. The third-order valence-corrected chi connectivity index (χ3v) is 7.54. The van der Waals surface area contributed by atoms with Gasteiger partial charge in [-0.15, -0.1) is 11.3 Å². The summed E-state index contributed by atoms with van der Waals surface area (Å²) in [7, 11) is 0. The SMILES string of the molecule is O=C(Nc1cnn2ccc(N3CC[C@H]4C[C@]43c3cc(F)ccc3F)nc12)c1cnc(C(F)(F)F)s1. The zero-order chi connectivity index (χ0) is 24.5. The highest BCUT2D eigenvalue weighted by molar-refractivity contribution is 7.13. The van der Waals surface area contributed by atoms with Crippen LogP contribution in [0.4, 0.5) is 33.5 Å². The second-order valence-corrected chi connectivity index (χ2v) is 9.51. The molecule has 1 aliphatic carbocycles. The fourth-order valence-corrected chi connectivity index (χ4v) is 5.57. The molecule has 2 atom stereocenters. The molecule has 1 aromatic carbocycles. The fourth-order valence-electron chi connectivity index (χ4n) is 4.89. The number of benzene rings is 1. The lowest BCUT2D eigenvalue weighted by Crippen LogP contribution is -2.34. The maximum absolute atomic E-state index is 14.7. The summed E-state index contributed by atoms with van der Waals surface area (Å²) in [5.41, 5.74) is 0.0403. The summed E-state index contributed by atoms with van der Waals surface area (Å²) in [5, 5.41) is 5.54. The van der Waals surface area contributed by atoms with E-state index >= 15 is 0 Å². The lowest BCUT2D eigenvalue weighted by atomic mass is 10.0.